The minimum absolute atomic E-state index is 0.0989. The number of nitrogens with zero attached hydrogens (tertiary/aromatic N) is 1. The number of halogens is 2. The van der Waals surface area contributed by atoms with E-state index in [4.69, 9.17) is 0 Å². The highest BCUT2D eigenvalue weighted by Crippen LogP contribution is 2.31. The Balaban J connectivity index is 3.13. The zero-order valence-corrected chi connectivity index (χ0v) is 10.1. The summed E-state index contributed by atoms with van der Waals surface area (Å²) in [5.41, 5.74) is 1.27. The SMILES string of the molecule is Cc1cc([N+](=O)[O-])c(C)cc1OC(F)(F)C(=O)NN. The van der Waals surface area contributed by atoms with E-state index >= 15 is 0 Å². The van der Waals surface area contributed by atoms with Crippen molar-refractivity contribution in [3.05, 3.63) is 33.4 Å². The van der Waals surface area contributed by atoms with Gasteiger partial charge in [-0.05, 0) is 25.5 Å². The number of nitrogens with two attached hydrogens (primary N) is 1. The van der Waals surface area contributed by atoms with Crippen LogP contribution >= 0.6 is 0 Å². The summed E-state index contributed by atoms with van der Waals surface area (Å²) in [5, 5.41) is 10.7. The molecule has 0 aliphatic rings. The van der Waals surface area contributed by atoms with Crippen LogP contribution in [0.4, 0.5) is 14.5 Å². The summed E-state index contributed by atoms with van der Waals surface area (Å²) in [5.74, 6) is 2.44. The summed E-state index contributed by atoms with van der Waals surface area (Å²) >= 11 is 0. The number of amides is 1. The molecule has 1 aromatic rings. The van der Waals surface area contributed by atoms with Gasteiger partial charge in [0.1, 0.15) is 5.75 Å². The highest BCUT2D eigenvalue weighted by atomic mass is 19.3. The largest absolute Gasteiger partial charge is 0.483 e. The number of hydrazine groups is 1. The fourth-order valence-electron chi connectivity index (χ4n) is 1.35. The Morgan fingerprint density at radius 3 is 2.47 bits per heavy atom. The second-order valence-electron chi connectivity index (χ2n) is 3.75. The van der Waals surface area contributed by atoms with E-state index in [9.17, 15) is 23.7 Å². The molecule has 0 spiro atoms. The average Bonchev–Trinajstić information content (AvgIpc) is 2.31. The van der Waals surface area contributed by atoms with Gasteiger partial charge in [-0.25, -0.2) is 5.84 Å². The number of alkyl halides is 2. The van der Waals surface area contributed by atoms with Gasteiger partial charge in [0.2, 0.25) is 0 Å². The third-order valence-corrected chi connectivity index (χ3v) is 2.32. The van der Waals surface area contributed by atoms with Crippen LogP contribution in [0.2, 0.25) is 0 Å². The van der Waals surface area contributed by atoms with Crippen LogP contribution in [0, 0.1) is 24.0 Å². The minimum Gasteiger partial charge on any atom is -0.425 e. The molecule has 0 radical (unpaired) electrons. The van der Waals surface area contributed by atoms with E-state index < -0.39 is 16.9 Å². The van der Waals surface area contributed by atoms with Gasteiger partial charge >= 0.3 is 12.0 Å². The van der Waals surface area contributed by atoms with Gasteiger partial charge in [0.15, 0.2) is 0 Å². The molecule has 0 aromatic heterocycles. The van der Waals surface area contributed by atoms with Gasteiger partial charge < -0.3 is 4.74 Å². The zero-order valence-electron chi connectivity index (χ0n) is 10.1. The molecule has 0 saturated heterocycles. The summed E-state index contributed by atoms with van der Waals surface area (Å²) in [6, 6.07) is 2.15. The molecule has 0 unspecified atom stereocenters. The number of hydrogen-bond donors (Lipinski definition) is 2. The molecule has 7 nitrogen and oxygen atoms in total. The van der Waals surface area contributed by atoms with E-state index in [2.05, 4.69) is 10.6 Å². The van der Waals surface area contributed by atoms with Crippen molar-refractivity contribution in [2.75, 3.05) is 0 Å². The molecular weight excluding hydrogens is 264 g/mol. The van der Waals surface area contributed by atoms with Crippen LogP contribution in [0.3, 0.4) is 0 Å². The molecule has 1 amide bonds. The highest BCUT2D eigenvalue weighted by Gasteiger charge is 2.42. The number of benzene rings is 1. The van der Waals surface area contributed by atoms with Crippen LogP contribution in [-0.2, 0) is 4.79 Å². The molecule has 19 heavy (non-hydrogen) atoms. The van der Waals surface area contributed by atoms with Gasteiger partial charge in [0.05, 0.1) is 4.92 Å². The van der Waals surface area contributed by atoms with Crippen LogP contribution in [0.15, 0.2) is 12.1 Å². The van der Waals surface area contributed by atoms with Gasteiger partial charge in [0.25, 0.3) is 5.69 Å². The van der Waals surface area contributed by atoms with E-state index in [-0.39, 0.29) is 22.6 Å². The number of carbonyl (C=O) groups is 1. The lowest BCUT2D eigenvalue weighted by Gasteiger charge is -2.17. The summed E-state index contributed by atoms with van der Waals surface area (Å²) in [4.78, 5) is 20.8. The molecule has 104 valence electrons. The maximum Gasteiger partial charge on any atom is 0.483 e. The predicted octanol–water partition coefficient (Wildman–Crippen LogP) is 1.17. The highest BCUT2D eigenvalue weighted by molar-refractivity contribution is 5.81. The number of aryl methyl sites for hydroxylation is 2. The molecule has 1 rings (SSSR count). The summed E-state index contributed by atoms with van der Waals surface area (Å²) in [7, 11) is 0. The molecule has 0 bridgehead atoms. The lowest BCUT2D eigenvalue weighted by molar-refractivity contribution is -0.385. The summed E-state index contributed by atoms with van der Waals surface area (Å²) in [6.45, 7) is 2.71. The molecular formula is C10H11F2N3O4. The minimum atomic E-state index is -4.16. The smallest absolute Gasteiger partial charge is 0.425 e. The second-order valence-corrected chi connectivity index (χ2v) is 3.75. The van der Waals surface area contributed by atoms with Gasteiger partial charge in [0, 0.05) is 11.6 Å². The summed E-state index contributed by atoms with van der Waals surface area (Å²) < 4.78 is 30.7. The predicted molar refractivity (Wildman–Crippen MR) is 60.5 cm³/mol. The first kappa shape index (κ1) is 14.8. The second kappa shape index (κ2) is 5.14. The van der Waals surface area contributed by atoms with E-state index in [0.717, 1.165) is 12.1 Å². The Morgan fingerprint density at radius 1 is 1.42 bits per heavy atom. The standard InChI is InChI=1S/C10H11F2N3O4/c1-5-4-8(6(2)3-7(5)15(17)18)19-10(11,12)9(16)14-13/h3-4H,13H2,1-2H3,(H,14,16). The van der Waals surface area contributed by atoms with Crippen molar-refractivity contribution in [3.8, 4) is 5.75 Å². The average molecular weight is 275 g/mol. The number of nitro benzene ring substituents is 1. The normalized spacial score (nSPS) is 11.0. The first-order valence-corrected chi connectivity index (χ1v) is 5.02. The molecule has 3 N–H and O–H groups in total. The molecule has 0 aliphatic carbocycles. The van der Waals surface area contributed by atoms with E-state index in [1.54, 1.807) is 0 Å². The van der Waals surface area contributed by atoms with E-state index in [0.29, 0.717) is 0 Å². The first-order chi connectivity index (χ1) is 8.69. The van der Waals surface area contributed by atoms with Crippen molar-refractivity contribution in [1.82, 2.24) is 5.43 Å². The van der Waals surface area contributed by atoms with Crippen molar-refractivity contribution in [2.24, 2.45) is 5.84 Å². The number of rotatable bonds is 4. The Labute approximate surface area is 106 Å². The lowest BCUT2D eigenvalue weighted by atomic mass is 10.1. The monoisotopic (exact) mass is 275 g/mol. The summed E-state index contributed by atoms with van der Waals surface area (Å²) in [6.07, 6.45) is -4.16. The van der Waals surface area contributed by atoms with Crippen molar-refractivity contribution in [1.29, 1.82) is 0 Å². The third-order valence-electron chi connectivity index (χ3n) is 2.32. The van der Waals surface area contributed by atoms with Crippen molar-refractivity contribution >= 4 is 11.6 Å². The fourth-order valence-corrected chi connectivity index (χ4v) is 1.35. The molecule has 0 atom stereocenters. The molecule has 1 aromatic carbocycles. The number of carbonyl (C=O) groups excluding carboxylic acids is 1. The molecule has 0 fully saturated rings. The zero-order chi connectivity index (χ0) is 14.8. The van der Waals surface area contributed by atoms with Crippen molar-refractivity contribution in [3.63, 3.8) is 0 Å². The van der Waals surface area contributed by atoms with Crippen LogP contribution in [0.1, 0.15) is 11.1 Å². The van der Waals surface area contributed by atoms with Gasteiger partial charge in [-0.1, -0.05) is 0 Å². The molecule has 0 heterocycles. The van der Waals surface area contributed by atoms with Crippen LogP contribution < -0.4 is 16.0 Å². The molecule has 9 heteroatoms. The van der Waals surface area contributed by atoms with Crippen molar-refractivity contribution < 1.29 is 23.2 Å². The van der Waals surface area contributed by atoms with E-state index in [1.807, 2.05) is 0 Å². The van der Waals surface area contributed by atoms with Gasteiger partial charge in [-0.3, -0.25) is 20.3 Å². The van der Waals surface area contributed by atoms with Gasteiger partial charge in [-0.2, -0.15) is 8.78 Å². The Bertz CT molecular complexity index is 534. The number of hydrogen-bond acceptors (Lipinski definition) is 5. The first-order valence-electron chi connectivity index (χ1n) is 5.02. The lowest BCUT2D eigenvalue weighted by Crippen LogP contribution is -2.47. The third kappa shape index (κ3) is 3.13. The quantitative estimate of drug-likeness (QED) is 0.371. The maximum absolute atomic E-state index is 13.2. The molecule has 0 saturated carbocycles. The fraction of sp³-hybridized carbons (Fsp3) is 0.300. The topological polar surface area (TPSA) is 107 Å². The maximum atomic E-state index is 13.2. The Hall–Kier alpha value is -2.29. The van der Waals surface area contributed by atoms with Crippen molar-refractivity contribution in [2.45, 2.75) is 20.0 Å². The van der Waals surface area contributed by atoms with Crippen LogP contribution in [0.25, 0.3) is 0 Å². The number of ether oxygens (including phenoxy) is 1. The number of nitro groups is 1. The van der Waals surface area contributed by atoms with Gasteiger partial charge in [-0.15, -0.1) is 0 Å². The Kier molecular flexibility index (Phi) is 4.00. The Morgan fingerprint density at radius 2 is 2.00 bits per heavy atom. The van der Waals surface area contributed by atoms with E-state index in [1.165, 1.54) is 19.3 Å². The number of nitrogens with one attached hydrogen (secondary N) is 1. The molecule has 0 aliphatic heterocycles. The van der Waals surface area contributed by atoms with Crippen LogP contribution in [-0.4, -0.2) is 16.9 Å². The van der Waals surface area contributed by atoms with Crippen LogP contribution in [0.5, 0.6) is 5.75 Å².